The first-order valence-corrected chi connectivity index (χ1v) is 12.0. The highest BCUT2D eigenvalue weighted by Gasteiger charge is 2.47. The third-order valence-corrected chi connectivity index (χ3v) is 6.41. The minimum absolute atomic E-state index is 0.00636. The van der Waals surface area contributed by atoms with E-state index in [1.165, 1.54) is 4.90 Å². The summed E-state index contributed by atoms with van der Waals surface area (Å²) in [5, 5.41) is 22.5. The van der Waals surface area contributed by atoms with E-state index in [2.05, 4.69) is 6.07 Å². The Morgan fingerprint density at radius 2 is 1.65 bits per heavy atom. The number of aliphatic hydroxyl groups is 1. The van der Waals surface area contributed by atoms with E-state index in [9.17, 15) is 20.0 Å². The van der Waals surface area contributed by atoms with Gasteiger partial charge in [-0.05, 0) is 65.2 Å². The maximum Gasteiger partial charge on any atom is 0.300 e. The van der Waals surface area contributed by atoms with Crippen LogP contribution in [0, 0.1) is 11.3 Å². The quantitative estimate of drug-likeness (QED) is 0.200. The highest BCUT2D eigenvalue weighted by Crippen LogP contribution is 2.42. The fourth-order valence-electron chi connectivity index (χ4n) is 4.57. The lowest BCUT2D eigenvalue weighted by Gasteiger charge is -2.25. The summed E-state index contributed by atoms with van der Waals surface area (Å²) in [6, 6.07) is 28.0. The van der Waals surface area contributed by atoms with Crippen LogP contribution >= 0.6 is 0 Å². The number of nitrogens with zero attached hydrogens (tertiary/aromatic N) is 2. The number of carbonyl (C=O) groups is 2. The second-order valence-electron chi connectivity index (χ2n) is 8.81. The van der Waals surface area contributed by atoms with E-state index in [-0.39, 0.29) is 11.3 Å². The molecule has 0 bridgehead atoms. The van der Waals surface area contributed by atoms with Gasteiger partial charge in [0.05, 0.1) is 29.9 Å². The zero-order chi connectivity index (χ0) is 25.9. The van der Waals surface area contributed by atoms with Crippen molar-refractivity contribution in [2.24, 2.45) is 0 Å². The predicted molar refractivity (Wildman–Crippen MR) is 142 cm³/mol. The fraction of sp³-hybridized carbons (Fsp3) is 0.129. The molecule has 6 heteroatoms. The van der Waals surface area contributed by atoms with Gasteiger partial charge < -0.3 is 9.84 Å². The Balaban J connectivity index is 1.66. The summed E-state index contributed by atoms with van der Waals surface area (Å²) < 4.78 is 5.70. The summed E-state index contributed by atoms with van der Waals surface area (Å²) in [6.07, 6.45) is 0.867. The van der Waals surface area contributed by atoms with Crippen molar-refractivity contribution in [2.45, 2.75) is 19.4 Å². The SMILES string of the molecule is CCCOc1ccc(C2/C(=C(/O)c3ccc4ccccc4c3)C(=O)C(=O)N2c2ccc(C#N)cc2)cc1. The molecule has 0 radical (unpaired) electrons. The number of amides is 1. The van der Waals surface area contributed by atoms with Gasteiger partial charge in [-0.3, -0.25) is 14.5 Å². The number of nitriles is 1. The minimum atomic E-state index is -0.861. The minimum Gasteiger partial charge on any atom is -0.507 e. The van der Waals surface area contributed by atoms with Gasteiger partial charge in [-0.15, -0.1) is 0 Å². The van der Waals surface area contributed by atoms with Crippen LogP contribution in [0.3, 0.4) is 0 Å². The summed E-state index contributed by atoms with van der Waals surface area (Å²) in [5.74, 6) is -1.08. The van der Waals surface area contributed by atoms with Gasteiger partial charge in [0.2, 0.25) is 0 Å². The molecule has 1 saturated heterocycles. The van der Waals surface area contributed by atoms with Crippen LogP contribution in [0.1, 0.15) is 36.1 Å². The molecule has 37 heavy (non-hydrogen) atoms. The Bertz CT molecular complexity index is 1560. The van der Waals surface area contributed by atoms with Crippen molar-refractivity contribution in [1.82, 2.24) is 0 Å². The molecule has 0 saturated carbocycles. The van der Waals surface area contributed by atoms with Gasteiger partial charge in [0.25, 0.3) is 11.7 Å². The van der Waals surface area contributed by atoms with Crippen molar-refractivity contribution < 1.29 is 19.4 Å². The molecule has 4 aromatic rings. The van der Waals surface area contributed by atoms with E-state index in [4.69, 9.17) is 4.74 Å². The normalized spacial score (nSPS) is 16.6. The number of fused-ring (bicyclic) bond motifs is 1. The largest absolute Gasteiger partial charge is 0.507 e. The van der Waals surface area contributed by atoms with E-state index < -0.39 is 17.7 Å². The number of hydrogen-bond donors (Lipinski definition) is 1. The molecule has 1 N–H and O–H groups in total. The molecule has 1 atom stereocenters. The third-order valence-electron chi connectivity index (χ3n) is 6.41. The highest BCUT2D eigenvalue weighted by atomic mass is 16.5. The number of ether oxygens (including phenoxy) is 1. The van der Waals surface area contributed by atoms with Crippen LogP contribution in [0.4, 0.5) is 5.69 Å². The van der Waals surface area contributed by atoms with Crippen LogP contribution in [-0.2, 0) is 9.59 Å². The molecular weight excluding hydrogens is 464 g/mol. The molecule has 1 amide bonds. The summed E-state index contributed by atoms with van der Waals surface area (Å²) in [6.45, 7) is 2.59. The molecule has 6 nitrogen and oxygen atoms in total. The maximum absolute atomic E-state index is 13.4. The van der Waals surface area contributed by atoms with Crippen molar-refractivity contribution in [3.05, 3.63) is 113 Å². The molecule has 1 fully saturated rings. The Morgan fingerprint density at radius 1 is 0.946 bits per heavy atom. The number of ketones is 1. The van der Waals surface area contributed by atoms with Gasteiger partial charge in [0.15, 0.2) is 0 Å². The van der Waals surface area contributed by atoms with Crippen LogP contribution in [0.25, 0.3) is 16.5 Å². The molecule has 5 rings (SSSR count). The second kappa shape index (κ2) is 10.00. The molecule has 0 aromatic heterocycles. The van der Waals surface area contributed by atoms with Gasteiger partial charge in [-0.1, -0.05) is 55.5 Å². The van der Waals surface area contributed by atoms with Gasteiger partial charge in [0, 0.05) is 11.3 Å². The molecule has 1 aliphatic rings. The van der Waals surface area contributed by atoms with Crippen molar-refractivity contribution in [2.75, 3.05) is 11.5 Å². The van der Waals surface area contributed by atoms with Gasteiger partial charge >= 0.3 is 0 Å². The average molecular weight is 489 g/mol. The summed E-state index contributed by atoms with van der Waals surface area (Å²) >= 11 is 0. The second-order valence-corrected chi connectivity index (χ2v) is 8.81. The number of hydrogen-bond acceptors (Lipinski definition) is 5. The third kappa shape index (κ3) is 4.43. The zero-order valence-electron chi connectivity index (χ0n) is 20.2. The number of benzene rings is 4. The summed E-state index contributed by atoms with van der Waals surface area (Å²) in [4.78, 5) is 28.1. The molecule has 182 valence electrons. The highest BCUT2D eigenvalue weighted by molar-refractivity contribution is 6.51. The average Bonchev–Trinajstić information content (AvgIpc) is 3.21. The van der Waals surface area contributed by atoms with Crippen molar-refractivity contribution in [1.29, 1.82) is 5.26 Å². The monoisotopic (exact) mass is 488 g/mol. The lowest BCUT2D eigenvalue weighted by molar-refractivity contribution is -0.132. The summed E-state index contributed by atoms with van der Waals surface area (Å²) in [5.41, 5.74) is 1.99. The number of anilines is 1. The number of Topliss-reactive ketones (excluding diaryl/α,β-unsaturated/α-hetero) is 1. The van der Waals surface area contributed by atoms with E-state index in [1.54, 1.807) is 60.7 Å². The predicted octanol–water partition coefficient (Wildman–Crippen LogP) is 6.13. The number of carbonyl (C=O) groups excluding carboxylic acids is 2. The molecule has 0 aliphatic carbocycles. The molecule has 1 aliphatic heterocycles. The van der Waals surface area contributed by atoms with Crippen molar-refractivity contribution >= 4 is 33.9 Å². The van der Waals surface area contributed by atoms with Crippen LogP contribution in [0.5, 0.6) is 5.75 Å². The van der Waals surface area contributed by atoms with Crippen LogP contribution in [0.2, 0.25) is 0 Å². The van der Waals surface area contributed by atoms with E-state index in [0.29, 0.717) is 34.7 Å². The maximum atomic E-state index is 13.4. The lowest BCUT2D eigenvalue weighted by Crippen LogP contribution is -2.29. The fourth-order valence-corrected chi connectivity index (χ4v) is 4.57. The van der Waals surface area contributed by atoms with Crippen LogP contribution in [0.15, 0.2) is 96.6 Å². The molecule has 1 heterocycles. The van der Waals surface area contributed by atoms with Crippen LogP contribution in [-0.4, -0.2) is 23.4 Å². The first kappa shape index (κ1) is 23.8. The van der Waals surface area contributed by atoms with Gasteiger partial charge in [0.1, 0.15) is 11.5 Å². The Hall–Kier alpha value is -4.89. The van der Waals surface area contributed by atoms with Gasteiger partial charge in [-0.25, -0.2) is 0 Å². The molecule has 4 aromatic carbocycles. The van der Waals surface area contributed by atoms with E-state index in [0.717, 1.165) is 17.2 Å². The van der Waals surface area contributed by atoms with Gasteiger partial charge in [-0.2, -0.15) is 5.26 Å². The summed E-state index contributed by atoms with van der Waals surface area (Å²) in [7, 11) is 0. The first-order valence-electron chi connectivity index (χ1n) is 12.0. The smallest absolute Gasteiger partial charge is 0.300 e. The Kier molecular flexibility index (Phi) is 6.44. The van der Waals surface area contributed by atoms with Crippen molar-refractivity contribution in [3.63, 3.8) is 0 Å². The molecule has 1 unspecified atom stereocenters. The number of rotatable bonds is 6. The topological polar surface area (TPSA) is 90.6 Å². The Morgan fingerprint density at radius 3 is 2.32 bits per heavy atom. The number of aliphatic hydroxyl groups excluding tert-OH is 1. The first-order chi connectivity index (χ1) is 18.0. The lowest BCUT2D eigenvalue weighted by atomic mass is 9.94. The standard InChI is InChI=1S/C31H24N2O4/c1-2-17-37-26-15-11-22(12-16-26)28-27(29(34)24-10-9-21-5-3-4-6-23(21)18-24)30(35)31(36)33(28)25-13-7-20(19-32)8-14-25/h3-16,18,28,34H,2,17H2,1H3/b29-27-. The molecule has 0 spiro atoms. The zero-order valence-corrected chi connectivity index (χ0v) is 20.2. The van der Waals surface area contributed by atoms with E-state index >= 15 is 0 Å². The van der Waals surface area contributed by atoms with E-state index in [1.807, 2.05) is 37.3 Å². The molecular formula is C31H24N2O4. The van der Waals surface area contributed by atoms with Crippen LogP contribution < -0.4 is 9.64 Å². The Labute approximate surface area is 214 Å². The van der Waals surface area contributed by atoms with Crippen molar-refractivity contribution in [3.8, 4) is 11.8 Å².